The second kappa shape index (κ2) is 4.33. The third-order valence-corrected chi connectivity index (χ3v) is 2.73. The molecule has 0 aliphatic heterocycles. The van der Waals surface area contributed by atoms with Gasteiger partial charge in [0.25, 0.3) is 5.89 Å². The Bertz CT molecular complexity index is 510. The Hall–Kier alpha value is -1.23. The normalized spacial score (nSPS) is 11.1. The van der Waals surface area contributed by atoms with Gasteiger partial charge in [0.1, 0.15) is 5.82 Å². The van der Waals surface area contributed by atoms with Gasteiger partial charge in [0.2, 0.25) is 0 Å². The quantitative estimate of drug-likeness (QED) is 0.843. The van der Waals surface area contributed by atoms with E-state index in [1.807, 2.05) is 13.8 Å². The molecule has 0 aliphatic carbocycles. The van der Waals surface area contributed by atoms with Gasteiger partial charge < -0.3 is 4.52 Å². The molecule has 0 spiro atoms. The molecule has 2 aromatic rings. The molecule has 2 rings (SSSR count). The molecule has 84 valence electrons. The minimum atomic E-state index is -0.313. The van der Waals surface area contributed by atoms with Gasteiger partial charge in [0.05, 0.1) is 4.47 Å². The van der Waals surface area contributed by atoms with Crippen LogP contribution in [-0.4, -0.2) is 10.1 Å². The maximum atomic E-state index is 13.0. The third kappa shape index (κ3) is 2.14. The molecule has 3 nitrogen and oxygen atoms in total. The van der Waals surface area contributed by atoms with E-state index in [-0.39, 0.29) is 11.7 Å². The number of rotatable bonds is 2. The Balaban J connectivity index is 2.39. The Morgan fingerprint density at radius 2 is 2.12 bits per heavy atom. The van der Waals surface area contributed by atoms with Crippen LogP contribution in [0.5, 0.6) is 0 Å². The lowest BCUT2D eigenvalue weighted by molar-refractivity contribution is 0.419. The average Bonchev–Trinajstić information content (AvgIpc) is 2.71. The van der Waals surface area contributed by atoms with Crippen LogP contribution < -0.4 is 0 Å². The van der Waals surface area contributed by atoms with Gasteiger partial charge in [-0.2, -0.15) is 4.98 Å². The predicted octanol–water partition coefficient (Wildman–Crippen LogP) is 3.76. The second-order valence-electron chi connectivity index (χ2n) is 3.74. The maximum Gasteiger partial charge on any atom is 0.257 e. The summed E-state index contributed by atoms with van der Waals surface area (Å²) in [7, 11) is 0. The number of hydrogen-bond acceptors (Lipinski definition) is 3. The van der Waals surface area contributed by atoms with Crippen LogP contribution in [-0.2, 0) is 0 Å². The van der Waals surface area contributed by atoms with E-state index in [1.165, 1.54) is 6.07 Å². The van der Waals surface area contributed by atoms with E-state index >= 15 is 0 Å². The van der Waals surface area contributed by atoms with Gasteiger partial charge >= 0.3 is 0 Å². The lowest BCUT2D eigenvalue weighted by atomic mass is 10.2. The summed E-state index contributed by atoms with van der Waals surface area (Å²) in [6.07, 6.45) is 0. The van der Waals surface area contributed by atoms with E-state index in [1.54, 1.807) is 12.1 Å². The first-order valence-corrected chi connectivity index (χ1v) is 5.66. The van der Waals surface area contributed by atoms with Crippen LogP contribution >= 0.6 is 15.9 Å². The average molecular weight is 285 g/mol. The highest BCUT2D eigenvalue weighted by Gasteiger charge is 2.12. The van der Waals surface area contributed by atoms with E-state index < -0.39 is 0 Å². The van der Waals surface area contributed by atoms with Gasteiger partial charge in [-0.3, -0.25) is 0 Å². The van der Waals surface area contributed by atoms with Gasteiger partial charge in [-0.25, -0.2) is 4.39 Å². The summed E-state index contributed by atoms with van der Waals surface area (Å²) in [5.74, 6) is 0.952. The zero-order chi connectivity index (χ0) is 11.7. The smallest absolute Gasteiger partial charge is 0.257 e. The third-order valence-electron chi connectivity index (χ3n) is 2.12. The fraction of sp³-hybridized carbons (Fsp3) is 0.273. The molecule has 0 amide bonds. The van der Waals surface area contributed by atoms with Crippen molar-refractivity contribution in [3.05, 3.63) is 34.3 Å². The Labute approximate surface area is 101 Å². The summed E-state index contributed by atoms with van der Waals surface area (Å²) >= 11 is 3.11. The first kappa shape index (κ1) is 11.3. The van der Waals surface area contributed by atoms with Crippen molar-refractivity contribution < 1.29 is 8.91 Å². The highest BCUT2D eigenvalue weighted by atomic mass is 79.9. The summed E-state index contributed by atoms with van der Waals surface area (Å²) in [5.41, 5.74) is 0.702. The summed E-state index contributed by atoms with van der Waals surface area (Å²) < 4.78 is 18.5. The van der Waals surface area contributed by atoms with Crippen LogP contribution in [0, 0.1) is 5.82 Å². The van der Waals surface area contributed by atoms with Crippen LogP contribution in [0.3, 0.4) is 0 Å². The number of hydrogen-bond donors (Lipinski definition) is 0. The number of halogens is 2. The molecular formula is C11H10BrFN2O. The molecular weight excluding hydrogens is 275 g/mol. The molecule has 0 unspecified atom stereocenters. The van der Waals surface area contributed by atoms with Gasteiger partial charge in [0.15, 0.2) is 5.82 Å². The fourth-order valence-electron chi connectivity index (χ4n) is 1.22. The Morgan fingerprint density at radius 1 is 1.38 bits per heavy atom. The van der Waals surface area contributed by atoms with Crippen molar-refractivity contribution in [1.82, 2.24) is 10.1 Å². The minimum absolute atomic E-state index is 0.210. The monoisotopic (exact) mass is 284 g/mol. The summed E-state index contributed by atoms with van der Waals surface area (Å²) in [6, 6.07) is 4.59. The molecule has 0 aliphatic rings. The number of aromatic nitrogens is 2. The highest BCUT2D eigenvalue weighted by molar-refractivity contribution is 9.10. The van der Waals surface area contributed by atoms with Crippen LogP contribution in [0.1, 0.15) is 25.6 Å². The maximum absolute atomic E-state index is 13.0. The molecule has 0 saturated heterocycles. The first-order valence-electron chi connectivity index (χ1n) is 4.87. The van der Waals surface area contributed by atoms with Crippen molar-refractivity contribution in [1.29, 1.82) is 0 Å². The van der Waals surface area contributed by atoms with Crippen LogP contribution in [0.4, 0.5) is 4.39 Å². The molecule has 1 aromatic heterocycles. The fourth-order valence-corrected chi connectivity index (χ4v) is 1.59. The topological polar surface area (TPSA) is 38.9 Å². The van der Waals surface area contributed by atoms with Gasteiger partial charge in [-0.15, -0.1) is 0 Å². The van der Waals surface area contributed by atoms with E-state index in [2.05, 4.69) is 26.1 Å². The van der Waals surface area contributed by atoms with Gasteiger partial charge in [-0.05, 0) is 34.1 Å². The van der Waals surface area contributed by atoms with Crippen LogP contribution in [0.25, 0.3) is 11.5 Å². The van der Waals surface area contributed by atoms with E-state index in [4.69, 9.17) is 4.52 Å². The summed E-state index contributed by atoms with van der Waals surface area (Å²) in [6.45, 7) is 3.96. The molecule has 0 atom stereocenters. The molecule has 0 bridgehead atoms. The molecule has 0 N–H and O–H groups in total. The molecule has 0 saturated carbocycles. The van der Waals surface area contributed by atoms with Crippen molar-refractivity contribution in [2.24, 2.45) is 0 Å². The second-order valence-corrected chi connectivity index (χ2v) is 4.60. The lowest BCUT2D eigenvalue weighted by Gasteiger charge is -1.97. The molecule has 1 heterocycles. The molecule has 1 aromatic carbocycles. The lowest BCUT2D eigenvalue weighted by Crippen LogP contribution is -1.89. The van der Waals surface area contributed by atoms with Crippen molar-refractivity contribution in [3.63, 3.8) is 0 Å². The Kier molecular flexibility index (Phi) is 3.05. The SMILES string of the molecule is CC(C)c1noc(-c2ccc(F)c(Br)c2)n1. The van der Waals surface area contributed by atoms with Crippen molar-refractivity contribution >= 4 is 15.9 Å². The van der Waals surface area contributed by atoms with E-state index in [0.29, 0.717) is 21.8 Å². The Morgan fingerprint density at radius 3 is 2.69 bits per heavy atom. The minimum Gasteiger partial charge on any atom is -0.334 e. The number of benzene rings is 1. The zero-order valence-electron chi connectivity index (χ0n) is 8.87. The summed E-state index contributed by atoms with van der Waals surface area (Å²) in [5, 5.41) is 3.85. The highest BCUT2D eigenvalue weighted by Crippen LogP contribution is 2.24. The predicted molar refractivity (Wildman–Crippen MR) is 61.5 cm³/mol. The van der Waals surface area contributed by atoms with E-state index in [9.17, 15) is 4.39 Å². The molecule has 16 heavy (non-hydrogen) atoms. The van der Waals surface area contributed by atoms with E-state index in [0.717, 1.165) is 0 Å². The number of nitrogens with zero attached hydrogens (tertiary/aromatic N) is 2. The zero-order valence-corrected chi connectivity index (χ0v) is 10.5. The molecule has 0 fully saturated rings. The van der Waals surface area contributed by atoms with Gasteiger partial charge in [0, 0.05) is 11.5 Å². The largest absolute Gasteiger partial charge is 0.334 e. The van der Waals surface area contributed by atoms with Crippen LogP contribution in [0.15, 0.2) is 27.2 Å². The van der Waals surface area contributed by atoms with Gasteiger partial charge in [-0.1, -0.05) is 19.0 Å². The van der Waals surface area contributed by atoms with Crippen LogP contribution in [0.2, 0.25) is 0 Å². The summed E-state index contributed by atoms with van der Waals surface area (Å²) in [4.78, 5) is 4.23. The van der Waals surface area contributed by atoms with Crippen molar-refractivity contribution in [3.8, 4) is 11.5 Å². The molecule has 0 radical (unpaired) electrons. The standard InChI is InChI=1S/C11H10BrFN2O/c1-6(2)10-14-11(16-15-10)7-3-4-9(13)8(12)5-7/h3-6H,1-2H3. The molecule has 5 heteroatoms. The first-order chi connectivity index (χ1) is 7.58. The van der Waals surface area contributed by atoms with Crippen molar-refractivity contribution in [2.75, 3.05) is 0 Å². The van der Waals surface area contributed by atoms with Crippen molar-refractivity contribution in [2.45, 2.75) is 19.8 Å².